The van der Waals surface area contributed by atoms with Gasteiger partial charge >= 0.3 is 5.97 Å². The van der Waals surface area contributed by atoms with E-state index in [9.17, 15) is 14.7 Å². The molecule has 1 amide bonds. The molecule has 0 aromatic heterocycles. The Hall–Kier alpha value is -2.82. The van der Waals surface area contributed by atoms with Crippen LogP contribution in [-0.4, -0.2) is 30.6 Å². The summed E-state index contributed by atoms with van der Waals surface area (Å²) in [4.78, 5) is 23.7. The van der Waals surface area contributed by atoms with Gasteiger partial charge in [-0.1, -0.05) is 55.5 Å². The Morgan fingerprint density at radius 1 is 1.04 bits per heavy atom. The van der Waals surface area contributed by atoms with Gasteiger partial charge in [-0.15, -0.1) is 0 Å². The molecule has 5 heteroatoms. The summed E-state index contributed by atoms with van der Waals surface area (Å²) in [5.41, 5.74) is 2.01. The molecular weight excluding hydrogens is 342 g/mol. The Bertz CT molecular complexity index is 745. The second kappa shape index (κ2) is 10.4. The van der Waals surface area contributed by atoms with Gasteiger partial charge in [0, 0.05) is 13.0 Å². The molecule has 0 radical (unpaired) electrons. The van der Waals surface area contributed by atoms with Crippen molar-refractivity contribution in [1.29, 1.82) is 0 Å². The van der Waals surface area contributed by atoms with Gasteiger partial charge in [-0.3, -0.25) is 9.59 Å². The number of hydrogen-bond acceptors (Lipinski definition) is 3. The Kier molecular flexibility index (Phi) is 7.86. The monoisotopic (exact) mass is 369 g/mol. The Labute approximate surface area is 160 Å². The number of carbonyl (C=O) groups excluding carboxylic acids is 1. The van der Waals surface area contributed by atoms with Crippen LogP contribution in [0.25, 0.3) is 0 Å². The summed E-state index contributed by atoms with van der Waals surface area (Å²) in [6, 6.07) is 17.2. The first kappa shape index (κ1) is 20.5. The van der Waals surface area contributed by atoms with E-state index in [4.69, 9.17) is 4.74 Å². The van der Waals surface area contributed by atoms with Crippen molar-refractivity contribution in [1.82, 2.24) is 5.32 Å². The van der Waals surface area contributed by atoms with Gasteiger partial charge in [0.1, 0.15) is 5.75 Å². The van der Waals surface area contributed by atoms with Crippen molar-refractivity contribution >= 4 is 11.9 Å². The van der Waals surface area contributed by atoms with Crippen LogP contribution in [0.4, 0.5) is 0 Å². The topological polar surface area (TPSA) is 75.6 Å². The predicted octanol–water partition coefficient (Wildman–Crippen LogP) is 3.32. The summed E-state index contributed by atoms with van der Waals surface area (Å²) in [5, 5.41) is 12.2. The lowest BCUT2D eigenvalue weighted by Crippen LogP contribution is -2.34. The highest BCUT2D eigenvalue weighted by atomic mass is 16.5. The second-order valence-corrected chi connectivity index (χ2v) is 6.85. The van der Waals surface area contributed by atoms with Crippen LogP contribution in [0.3, 0.4) is 0 Å². The number of carbonyl (C=O) groups is 2. The lowest BCUT2D eigenvalue weighted by atomic mass is 9.96. The normalized spacial score (nSPS) is 12.8. The number of ether oxygens (including phenoxy) is 1. The lowest BCUT2D eigenvalue weighted by molar-refractivity contribution is -0.141. The fourth-order valence-corrected chi connectivity index (χ4v) is 3.09. The van der Waals surface area contributed by atoms with Crippen molar-refractivity contribution < 1.29 is 19.4 Å². The van der Waals surface area contributed by atoms with E-state index in [1.807, 2.05) is 61.5 Å². The standard InChI is InChI=1S/C22H27NO4/c1-16(12-18-10-6-7-11-20(18)27-2)13-21(24)23-15-19(22(25)26)14-17-8-4-3-5-9-17/h3-11,16,19H,12-15H2,1-2H3,(H,23,24)(H,25,26). The molecule has 0 aliphatic rings. The molecule has 2 unspecified atom stereocenters. The number of hydrogen-bond donors (Lipinski definition) is 2. The van der Waals surface area contributed by atoms with Gasteiger partial charge in [0.25, 0.3) is 0 Å². The molecule has 0 saturated carbocycles. The van der Waals surface area contributed by atoms with Crippen LogP contribution in [0.2, 0.25) is 0 Å². The molecule has 27 heavy (non-hydrogen) atoms. The van der Waals surface area contributed by atoms with Crippen LogP contribution in [0.1, 0.15) is 24.5 Å². The molecule has 0 saturated heterocycles. The zero-order valence-corrected chi connectivity index (χ0v) is 15.9. The summed E-state index contributed by atoms with van der Waals surface area (Å²) in [6.07, 6.45) is 1.47. The van der Waals surface area contributed by atoms with Gasteiger partial charge < -0.3 is 15.2 Å². The number of para-hydroxylation sites is 1. The molecule has 0 spiro atoms. The quantitative estimate of drug-likeness (QED) is 0.674. The maximum Gasteiger partial charge on any atom is 0.308 e. The number of nitrogens with one attached hydrogen (secondary N) is 1. The minimum atomic E-state index is -0.902. The number of aliphatic carboxylic acids is 1. The van der Waals surface area contributed by atoms with E-state index in [2.05, 4.69) is 5.32 Å². The molecule has 2 aromatic rings. The summed E-state index contributed by atoms with van der Waals surface area (Å²) in [6.45, 7) is 2.13. The SMILES string of the molecule is COc1ccccc1CC(C)CC(=O)NCC(Cc1ccccc1)C(=O)O. The zero-order chi connectivity index (χ0) is 19.6. The van der Waals surface area contributed by atoms with Crippen LogP contribution in [0.15, 0.2) is 54.6 Å². The van der Waals surface area contributed by atoms with Crippen molar-refractivity contribution in [2.45, 2.75) is 26.2 Å². The number of methoxy groups -OCH3 is 1. The highest BCUT2D eigenvalue weighted by Gasteiger charge is 2.20. The van der Waals surface area contributed by atoms with E-state index in [0.29, 0.717) is 12.8 Å². The number of benzene rings is 2. The first-order chi connectivity index (χ1) is 13.0. The first-order valence-corrected chi connectivity index (χ1v) is 9.15. The molecule has 0 heterocycles. The fraction of sp³-hybridized carbons (Fsp3) is 0.364. The van der Waals surface area contributed by atoms with Crippen LogP contribution in [0, 0.1) is 11.8 Å². The van der Waals surface area contributed by atoms with E-state index in [1.165, 1.54) is 0 Å². The first-order valence-electron chi connectivity index (χ1n) is 9.15. The minimum Gasteiger partial charge on any atom is -0.496 e. The largest absolute Gasteiger partial charge is 0.496 e. The molecule has 5 nitrogen and oxygen atoms in total. The van der Waals surface area contributed by atoms with Crippen LogP contribution in [0.5, 0.6) is 5.75 Å². The molecule has 2 N–H and O–H groups in total. The van der Waals surface area contributed by atoms with E-state index in [-0.39, 0.29) is 18.4 Å². The van der Waals surface area contributed by atoms with E-state index in [1.54, 1.807) is 7.11 Å². The third kappa shape index (κ3) is 6.77. The number of carboxylic acids is 1. The minimum absolute atomic E-state index is 0.124. The molecule has 2 aromatic carbocycles. The van der Waals surface area contributed by atoms with Gasteiger partial charge in [-0.2, -0.15) is 0 Å². The van der Waals surface area contributed by atoms with Gasteiger partial charge in [0.05, 0.1) is 13.0 Å². The summed E-state index contributed by atoms with van der Waals surface area (Å²) >= 11 is 0. The van der Waals surface area contributed by atoms with E-state index in [0.717, 1.165) is 23.3 Å². The Morgan fingerprint density at radius 2 is 1.70 bits per heavy atom. The average Bonchev–Trinajstić information content (AvgIpc) is 2.66. The molecule has 0 fully saturated rings. The highest BCUT2D eigenvalue weighted by Crippen LogP contribution is 2.22. The smallest absolute Gasteiger partial charge is 0.308 e. The molecule has 144 valence electrons. The second-order valence-electron chi connectivity index (χ2n) is 6.85. The zero-order valence-electron chi connectivity index (χ0n) is 15.9. The van der Waals surface area contributed by atoms with Crippen LogP contribution >= 0.6 is 0 Å². The summed E-state index contributed by atoms with van der Waals surface area (Å²) in [7, 11) is 1.63. The molecule has 0 aliphatic carbocycles. The number of carboxylic acid groups (broad SMARTS) is 1. The van der Waals surface area contributed by atoms with Gasteiger partial charge in [0.2, 0.25) is 5.91 Å². The van der Waals surface area contributed by atoms with E-state index < -0.39 is 11.9 Å². The van der Waals surface area contributed by atoms with Crippen molar-refractivity contribution in [2.75, 3.05) is 13.7 Å². The Balaban J connectivity index is 1.83. The molecule has 2 atom stereocenters. The van der Waals surface area contributed by atoms with Crippen molar-refractivity contribution in [2.24, 2.45) is 11.8 Å². The summed E-state index contributed by atoms with van der Waals surface area (Å²) < 4.78 is 5.35. The van der Waals surface area contributed by atoms with Crippen molar-refractivity contribution in [3.8, 4) is 5.75 Å². The molecule has 0 bridgehead atoms. The molecule has 0 aliphatic heterocycles. The van der Waals surface area contributed by atoms with Crippen molar-refractivity contribution in [3.63, 3.8) is 0 Å². The van der Waals surface area contributed by atoms with Gasteiger partial charge in [-0.25, -0.2) is 0 Å². The fourth-order valence-electron chi connectivity index (χ4n) is 3.09. The number of amides is 1. The van der Waals surface area contributed by atoms with Crippen LogP contribution in [-0.2, 0) is 22.4 Å². The average molecular weight is 369 g/mol. The van der Waals surface area contributed by atoms with Gasteiger partial charge in [-0.05, 0) is 36.0 Å². The van der Waals surface area contributed by atoms with Crippen molar-refractivity contribution in [3.05, 3.63) is 65.7 Å². The van der Waals surface area contributed by atoms with Gasteiger partial charge in [0.15, 0.2) is 0 Å². The highest BCUT2D eigenvalue weighted by molar-refractivity contribution is 5.77. The maximum absolute atomic E-state index is 12.2. The van der Waals surface area contributed by atoms with Crippen LogP contribution < -0.4 is 10.1 Å². The maximum atomic E-state index is 12.2. The third-order valence-corrected chi connectivity index (χ3v) is 4.51. The lowest BCUT2D eigenvalue weighted by Gasteiger charge is -2.16. The van der Waals surface area contributed by atoms with E-state index >= 15 is 0 Å². The summed E-state index contributed by atoms with van der Waals surface area (Å²) in [5.74, 6) is -0.726. The third-order valence-electron chi connectivity index (χ3n) is 4.51. The number of rotatable bonds is 10. The Morgan fingerprint density at radius 3 is 2.37 bits per heavy atom. The predicted molar refractivity (Wildman–Crippen MR) is 105 cm³/mol. The molecule has 2 rings (SSSR count). The molecular formula is C22H27NO4.